The average molecular weight is 279 g/mol. The van der Waals surface area contributed by atoms with Gasteiger partial charge in [0.1, 0.15) is 0 Å². The molecule has 3 unspecified atom stereocenters. The van der Waals surface area contributed by atoms with Gasteiger partial charge >= 0.3 is 0 Å². The van der Waals surface area contributed by atoms with Crippen LogP contribution in [0.4, 0.5) is 0 Å². The van der Waals surface area contributed by atoms with E-state index in [4.69, 9.17) is 5.73 Å². The predicted octanol–water partition coefficient (Wildman–Crippen LogP) is 2.60. The van der Waals surface area contributed by atoms with Crippen LogP contribution in [0.1, 0.15) is 64.7 Å². The SMILES string of the molecule is CCCC1CCCCN1C1(CN)CC2CCC(C1)N2C. The predicted molar refractivity (Wildman–Crippen MR) is 84.8 cm³/mol. The molecular weight excluding hydrogens is 246 g/mol. The molecule has 3 aliphatic heterocycles. The number of rotatable bonds is 4. The highest BCUT2D eigenvalue weighted by atomic mass is 15.3. The number of fused-ring (bicyclic) bond motifs is 2. The number of nitrogens with two attached hydrogens (primary N) is 1. The van der Waals surface area contributed by atoms with Crippen molar-refractivity contribution in [3.8, 4) is 0 Å². The van der Waals surface area contributed by atoms with E-state index in [1.54, 1.807) is 0 Å². The lowest BCUT2D eigenvalue weighted by Crippen LogP contribution is -2.65. The third-order valence-corrected chi connectivity index (χ3v) is 6.45. The topological polar surface area (TPSA) is 32.5 Å². The molecule has 0 spiro atoms. The van der Waals surface area contributed by atoms with Crippen LogP contribution in [0.5, 0.6) is 0 Å². The van der Waals surface area contributed by atoms with E-state index in [0.717, 1.165) is 24.7 Å². The Bertz CT molecular complexity index is 314. The molecule has 3 aliphatic rings. The van der Waals surface area contributed by atoms with Gasteiger partial charge in [-0.3, -0.25) is 4.90 Å². The molecule has 2 bridgehead atoms. The molecule has 3 fully saturated rings. The monoisotopic (exact) mass is 279 g/mol. The van der Waals surface area contributed by atoms with Gasteiger partial charge in [0.25, 0.3) is 0 Å². The Morgan fingerprint density at radius 1 is 1.10 bits per heavy atom. The smallest absolute Gasteiger partial charge is 0.0364 e. The minimum absolute atomic E-state index is 0.318. The van der Waals surface area contributed by atoms with Crippen LogP contribution in [0.3, 0.4) is 0 Å². The number of piperidine rings is 2. The summed E-state index contributed by atoms with van der Waals surface area (Å²) in [7, 11) is 2.34. The molecular formula is C17H33N3. The summed E-state index contributed by atoms with van der Waals surface area (Å²) >= 11 is 0. The van der Waals surface area contributed by atoms with Crippen LogP contribution in [0.15, 0.2) is 0 Å². The molecule has 0 aromatic rings. The van der Waals surface area contributed by atoms with Crippen molar-refractivity contribution >= 4 is 0 Å². The fourth-order valence-electron chi connectivity index (χ4n) is 5.32. The average Bonchev–Trinajstić information content (AvgIpc) is 2.71. The molecule has 2 N–H and O–H groups in total. The Labute approximate surface area is 124 Å². The highest BCUT2D eigenvalue weighted by Crippen LogP contribution is 2.44. The molecule has 3 saturated heterocycles. The van der Waals surface area contributed by atoms with E-state index in [1.165, 1.54) is 64.3 Å². The van der Waals surface area contributed by atoms with E-state index in [1.807, 2.05) is 0 Å². The van der Waals surface area contributed by atoms with Crippen molar-refractivity contribution in [1.29, 1.82) is 0 Å². The molecule has 0 saturated carbocycles. The van der Waals surface area contributed by atoms with Crippen molar-refractivity contribution in [2.45, 2.75) is 88.4 Å². The Balaban J connectivity index is 1.81. The normalized spacial score (nSPS) is 43.0. The molecule has 116 valence electrons. The zero-order valence-electron chi connectivity index (χ0n) is 13.5. The van der Waals surface area contributed by atoms with Gasteiger partial charge in [0.05, 0.1) is 0 Å². The standard InChI is InChI=1S/C17H33N3/c1-3-6-14-7-4-5-10-20(14)17(13-18)11-15-8-9-16(12-17)19(15)2/h14-16H,3-13,18H2,1-2H3. The summed E-state index contributed by atoms with van der Waals surface area (Å²) in [6.07, 6.45) is 12.3. The first-order chi connectivity index (χ1) is 9.70. The lowest BCUT2D eigenvalue weighted by atomic mass is 9.78. The van der Waals surface area contributed by atoms with E-state index in [9.17, 15) is 0 Å². The zero-order valence-corrected chi connectivity index (χ0v) is 13.5. The van der Waals surface area contributed by atoms with Crippen molar-refractivity contribution in [1.82, 2.24) is 9.80 Å². The van der Waals surface area contributed by atoms with Crippen molar-refractivity contribution in [2.75, 3.05) is 20.1 Å². The Morgan fingerprint density at radius 3 is 2.40 bits per heavy atom. The molecule has 3 atom stereocenters. The first-order valence-corrected chi connectivity index (χ1v) is 8.89. The van der Waals surface area contributed by atoms with E-state index in [0.29, 0.717) is 5.54 Å². The van der Waals surface area contributed by atoms with Crippen LogP contribution in [-0.4, -0.2) is 53.6 Å². The summed E-state index contributed by atoms with van der Waals surface area (Å²) in [5.41, 5.74) is 6.68. The summed E-state index contributed by atoms with van der Waals surface area (Å²) < 4.78 is 0. The van der Waals surface area contributed by atoms with Crippen molar-refractivity contribution in [3.63, 3.8) is 0 Å². The molecule has 0 radical (unpaired) electrons. The molecule has 0 aromatic heterocycles. The Morgan fingerprint density at radius 2 is 1.80 bits per heavy atom. The van der Waals surface area contributed by atoms with Gasteiger partial charge in [-0.2, -0.15) is 0 Å². The third kappa shape index (κ3) is 2.42. The van der Waals surface area contributed by atoms with Crippen LogP contribution in [0.25, 0.3) is 0 Å². The number of likely N-dealkylation sites (tertiary alicyclic amines) is 1. The fourth-order valence-corrected chi connectivity index (χ4v) is 5.32. The first kappa shape index (κ1) is 14.8. The molecule has 3 heteroatoms. The maximum absolute atomic E-state index is 6.36. The van der Waals surface area contributed by atoms with Gasteiger partial charge in [0.15, 0.2) is 0 Å². The summed E-state index contributed by atoms with van der Waals surface area (Å²) in [5, 5.41) is 0. The van der Waals surface area contributed by atoms with Crippen LogP contribution < -0.4 is 5.73 Å². The third-order valence-electron chi connectivity index (χ3n) is 6.45. The van der Waals surface area contributed by atoms with Crippen molar-refractivity contribution in [3.05, 3.63) is 0 Å². The van der Waals surface area contributed by atoms with Crippen LogP contribution in [0.2, 0.25) is 0 Å². The number of hydrogen-bond acceptors (Lipinski definition) is 3. The maximum atomic E-state index is 6.36. The first-order valence-electron chi connectivity index (χ1n) is 8.89. The van der Waals surface area contributed by atoms with Gasteiger partial charge in [0.2, 0.25) is 0 Å². The lowest BCUT2D eigenvalue weighted by Gasteiger charge is -2.55. The van der Waals surface area contributed by atoms with Gasteiger partial charge < -0.3 is 10.6 Å². The molecule has 3 heterocycles. The zero-order chi connectivity index (χ0) is 14.2. The van der Waals surface area contributed by atoms with Crippen LogP contribution >= 0.6 is 0 Å². The van der Waals surface area contributed by atoms with Gasteiger partial charge in [-0.25, -0.2) is 0 Å². The van der Waals surface area contributed by atoms with Gasteiger partial charge in [-0.1, -0.05) is 19.8 Å². The Hall–Kier alpha value is -0.120. The van der Waals surface area contributed by atoms with Crippen LogP contribution in [-0.2, 0) is 0 Å². The second kappa shape index (κ2) is 5.94. The molecule has 0 aliphatic carbocycles. The molecule has 3 nitrogen and oxygen atoms in total. The van der Waals surface area contributed by atoms with E-state index in [-0.39, 0.29) is 0 Å². The fraction of sp³-hybridized carbons (Fsp3) is 1.00. The van der Waals surface area contributed by atoms with Gasteiger partial charge in [-0.15, -0.1) is 0 Å². The highest BCUT2D eigenvalue weighted by Gasteiger charge is 2.50. The van der Waals surface area contributed by atoms with Crippen LogP contribution in [0, 0.1) is 0 Å². The lowest BCUT2D eigenvalue weighted by molar-refractivity contribution is -0.0408. The number of nitrogens with zero attached hydrogens (tertiary/aromatic N) is 2. The summed E-state index contributed by atoms with van der Waals surface area (Å²) in [4.78, 5) is 5.52. The number of hydrogen-bond donors (Lipinski definition) is 1. The minimum Gasteiger partial charge on any atom is -0.329 e. The molecule has 3 rings (SSSR count). The second-order valence-corrected chi connectivity index (χ2v) is 7.52. The summed E-state index contributed by atoms with van der Waals surface area (Å²) in [6.45, 7) is 4.50. The molecule has 20 heavy (non-hydrogen) atoms. The largest absolute Gasteiger partial charge is 0.329 e. The van der Waals surface area contributed by atoms with E-state index >= 15 is 0 Å². The van der Waals surface area contributed by atoms with E-state index in [2.05, 4.69) is 23.8 Å². The van der Waals surface area contributed by atoms with Gasteiger partial charge in [0, 0.05) is 30.2 Å². The highest BCUT2D eigenvalue weighted by molar-refractivity contribution is 5.08. The summed E-state index contributed by atoms with van der Waals surface area (Å²) in [5.74, 6) is 0. The summed E-state index contributed by atoms with van der Waals surface area (Å²) in [6, 6.07) is 2.39. The van der Waals surface area contributed by atoms with Crippen molar-refractivity contribution in [2.24, 2.45) is 5.73 Å². The molecule has 0 amide bonds. The minimum atomic E-state index is 0.318. The van der Waals surface area contributed by atoms with Crippen molar-refractivity contribution < 1.29 is 0 Å². The Kier molecular flexibility index (Phi) is 4.40. The molecule has 0 aromatic carbocycles. The maximum Gasteiger partial charge on any atom is 0.0364 e. The van der Waals surface area contributed by atoms with E-state index < -0.39 is 0 Å². The van der Waals surface area contributed by atoms with Gasteiger partial charge in [-0.05, 0) is 58.5 Å². The second-order valence-electron chi connectivity index (χ2n) is 7.52. The quantitative estimate of drug-likeness (QED) is 0.858.